The van der Waals surface area contributed by atoms with Gasteiger partial charge in [-0.25, -0.2) is 9.37 Å². The van der Waals surface area contributed by atoms with Crippen LogP contribution in [0.2, 0.25) is 0 Å². The summed E-state index contributed by atoms with van der Waals surface area (Å²) >= 11 is 0. The summed E-state index contributed by atoms with van der Waals surface area (Å²) in [4.78, 5) is 15.3. The summed E-state index contributed by atoms with van der Waals surface area (Å²) in [5.74, 6) is -0.395. The van der Waals surface area contributed by atoms with Crippen LogP contribution in [0.5, 0.6) is 0 Å². The van der Waals surface area contributed by atoms with Crippen LogP contribution in [0.3, 0.4) is 0 Å². The first-order chi connectivity index (χ1) is 12.1. The standard InChI is InChI=1S/C21H25N2O2/c1-4-16-8-7-12-23(14-16)13-11-18-17-9-5-6-10-19(17)22-20(18)15(2)21(24)25-3/h5-6,8-10,14,22H,2,4,7,11-13H2,1,3H3/q+1. The number of carbonyl (C=O) groups excluding carboxylic acids is 1. The predicted octanol–water partition coefficient (Wildman–Crippen LogP) is 3.72. The maximum absolute atomic E-state index is 12.0. The fraction of sp³-hybridized carbons (Fsp3) is 0.333. The molecule has 0 saturated heterocycles. The summed E-state index contributed by atoms with van der Waals surface area (Å²) in [5.41, 5.74) is 4.72. The first-order valence-corrected chi connectivity index (χ1v) is 8.79. The number of aromatic amines is 1. The van der Waals surface area contributed by atoms with E-state index in [1.54, 1.807) is 0 Å². The van der Waals surface area contributed by atoms with Crippen LogP contribution in [0.1, 0.15) is 31.0 Å². The lowest BCUT2D eigenvalue weighted by molar-refractivity contribution is -0.523. The number of methoxy groups -OCH3 is 1. The van der Waals surface area contributed by atoms with E-state index < -0.39 is 5.97 Å². The van der Waals surface area contributed by atoms with Gasteiger partial charge in [0.25, 0.3) is 0 Å². The van der Waals surface area contributed by atoms with Gasteiger partial charge in [-0.15, -0.1) is 0 Å². The molecule has 1 aromatic carbocycles. The average molecular weight is 337 g/mol. The van der Waals surface area contributed by atoms with E-state index in [0.717, 1.165) is 54.5 Å². The smallest absolute Gasteiger partial charge is 0.339 e. The lowest BCUT2D eigenvalue weighted by Crippen LogP contribution is -2.21. The van der Waals surface area contributed by atoms with Crippen molar-refractivity contribution in [2.45, 2.75) is 26.2 Å². The molecule has 130 valence electrons. The minimum Gasteiger partial charge on any atom is -0.465 e. The van der Waals surface area contributed by atoms with Crippen LogP contribution in [0.25, 0.3) is 16.5 Å². The topological polar surface area (TPSA) is 45.1 Å². The van der Waals surface area contributed by atoms with E-state index in [9.17, 15) is 4.79 Å². The molecule has 1 N–H and O–H groups in total. The molecule has 0 saturated carbocycles. The molecule has 0 amide bonds. The molecule has 0 atom stereocenters. The quantitative estimate of drug-likeness (QED) is 0.496. The summed E-state index contributed by atoms with van der Waals surface area (Å²) in [6.07, 6.45) is 7.58. The highest BCUT2D eigenvalue weighted by molar-refractivity contribution is 6.16. The van der Waals surface area contributed by atoms with Gasteiger partial charge in [0.05, 0.1) is 18.4 Å². The van der Waals surface area contributed by atoms with Crippen molar-refractivity contribution < 1.29 is 14.1 Å². The van der Waals surface area contributed by atoms with Crippen LogP contribution in [-0.4, -0.2) is 41.9 Å². The number of benzene rings is 1. The maximum atomic E-state index is 12.0. The Balaban J connectivity index is 1.91. The van der Waals surface area contributed by atoms with E-state index in [-0.39, 0.29) is 0 Å². The van der Waals surface area contributed by atoms with Gasteiger partial charge in [0.1, 0.15) is 13.1 Å². The zero-order valence-electron chi connectivity index (χ0n) is 15.0. The number of ether oxygens (including phenoxy) is 1. The normalized spacial score (nSPS) is 14.2. The second-order valence-electron chi connectivity index (χ2n) is 6.33. The number of rotatable bonds is 6. The number of hydrogen-bond acceptors (Lipinski definition) is 2. The van der Waals surface area contributed by atoms with Gasteiger partial charge >= 0.3 is 5.97 Å². The number of aromatic nitrogens is 1. The van der Waals surface area contributed by atoms with E-state index in [2.05, 4.69) is 41.4 Å². The Bertz CT molecular complexity index is 871. The lowest BCUT2D eigenvalue weighted by atomic mass is 10.0. The summed E-state index contributed by atoms with van der Waals surface area (Å²) in [7, 11) is 1.39. The number of esters is 1. The first kappa shape index (κ1) is 17.2. The fourth-order valence-electron chi connectivity index (χ4n) is 3.38. The van der Waals surface area contributed by atoms with Crippen molar-refractivity contribution in [2.24, 2.45) is 0 Å². The second kappa shape index (κ2) is 7.51. The van der Waals surface area contributed by atoms with Gasteiger partial charge in [-0.2, -0.15) is 0 Å². The molecule has 4 nitrogen and oxygen atoms in total. The van der Waals surface area contributed by atoms with Gasteiger partial charge < -0.3 is 9.72 Å². The van der Waals surface area contributed by atoms with Crippen molar-refractivity contribution in [3.63, 3.8) is 0 Å². The fourth-order valence-corrected chi connectivity index (χ4v) is 3.38. The number of carbonyl (C=O) groups is 1. The van der Waals surface area contributed by atoms with E-state index in [4.69, 9.17) is 4.74 Å². The van der Waals surface area contributed by atoms with Gasteiger partial charge in [0, 0.05) is 29.3 Å². The highest BCUT2D eigenvalue weighted by atomic mass is 16.5. The molecular weight excluding hydrogens is 312 g/mol. The molecule has 0 bridgehead atoms. The predicted molar refractivity (Wildman–Crippen MR) is 102 cm³/mol. The molecule has 0 radical (unpaired) electrons. The summed E-state index contributed by atoms with van der Waals surface area (Å²) < 4.78 is 7.22. The average Bonchev–Trinajstić information content (AvgIpc) is 3.03. The summed E-state index contributed by atoms with van der Waals surface area (Å²) in [5, 5.41) is 1.14. The van der Waals surface area contributed by atoms with E-state index in [1.165, 1.54) is 12.7 Å². The number of hydrogen-bond donors (Lipinski definition) is 1. The molecule has 2 heterocycles. The SMILES string of the molecule is C=C(C(=O)OC)c1[nH]c2ccccc2c1CC[N+]1=CC(CC)=CCC1. The Kier molecular flexibility index (Phi) is 5.17. The Morgan fingerprint density at radius 2 is 2.16 bits per heavy atom. The van der Waals surface area contributed by atoms with E-state index >= 15 is 0 Å². The van der Waals surface area contributed by atoms with Crippen LogP contribution in [0, 0.1) is 0 Å². The monoisotopic (exact) mass is 337 g/mol. The molecular formula is C21H25N2O2+. The van der Waals surface area contributed by atoms with Crippen molar-refractivity contribution in [3.8, 4) is 0 Å². The lowest BCUT2D eigenvalue weighted by Gasteiger charge is -2.10. The summed E-state index contributed by atoms with van der Waals surface area (Å²) in [6.45, 7) is 8.08. The highest BCUT2D eigenvalue weighted by Crippen LogP contribution is 2.28. The Morgan fingerprint density at radius 1 is 1.36 bits per heavy atom. The van der Waals surface area contributed by atoms with Crippen LogP contribution in [-0.2, 0) is 16.0 Å². The zero-order chi connectivity index (χ0) is 17.8. The molecule has 0 aliphatic carbocycles. The molecule has 1 aliphatic rings. The first-order valence-electron chi connectivity index (χ1n) is 8.79. The molecule has 0 fully saturated rings. The molecule has 0 spiro atoms. The number of allylic oxidation sites excluding steroid dienone is 1. The summed E-state index contributed by atoms with van der Waals surface area (Å²) in [6, 6.07) is 8.13. The second-order valence-corrected chi connectivity index (χ2v) is 6.33. The molecule has 0 unspecified atom stereocenters. The largest absolute Gasteiger partial charge is 0.465 e. The van der Waals surface area contributed by atoms with Crippen LogP contribution < -0.4 is 0 Å². The van der Waals surface area contributed by atoms with Crippen molar-refractivity contribution in [1.82, 2.24) is 4.98 Å². The van der Waals surface area contributed by atoms with Crippen molar-refractivity contribution in [1.29, 1.82) is 0 Å². The molecule has 1 aliphatic heterocycles. The van der Waals surface area contributed by atoms with Gasteiger partial charge in [-0.3, -0.25) is 0 Å². The van der Waals surface area contributed by atoms with Gasteiger partial charge in [-0.1, -0.05) is 37.8 Å². The van der Waals surface area contributed by atoms with Crippen molar-refractivity contribution >= 4 is 28.7 Å². The van der Waals surface area contributed by atoms with Gasteiger partial charge in [0.2, 0.25) is 0 Å². The third kappa shape index (κ3) is 3.58. The molecule has 3 rings (SSSR count). The van der Waals surface area contributed by atoms with Crippen LogP contribution >= 0.6 is 0 Å². The number of nitrogens with zero attached hydrogens (tertiary/aromatic N) is 1. The molecule has 2 aromatic rings. The third-order valence-corrected chi connectivity index (χ3v) is 4.78. The number of para-hydroxylation sites is 1. The molecule has 1 aromatic heterocycles. The molecule has 25 heavy (non-hydrogen) atoms. The number of fused-ring (bicyclic) bond motifs is 1. The number of nitrogens with one attached hydrogen (secondary N) is 1. The van der Waals surface area contributed by atoms with Crippen LogP contribution in [0.15, 0.2) is 42.5 Å². The Hall–Kier alpha value is -2.62. The van der Waals surface area contributed by atoms with Gasteiger partial charge in [0.15, 0.2) is 6.21 Å². The Labute approximate surface area is 148 Å². The zero-order valence-corrected chi connectivity index (χ0v) is 15.0. The number of H-pyrrole nitrogens is 1. The van der Waals surface area contributed by atoms with Crippen LogP contribution in [0.4, 0.5) is 0 Å². The van der Waals surface area contributed by atoms with E-state index in [0.29, 0.717) is 5.57 Å². The molecule has 4 heteroatoms. The Morgan fingerprint density at radius 3 is 2.92 bits per heavy atom. The maximum Gasteiger partial charge on any atom is 0.339 e. The third-order valence-electron chi connectivity index (χ3n) is 4.78. The van der Waals surface area contributed by atoms with E-state index in [1.807, 2.05) is 18.2 Å². The van der Waals surface area contributed by atoms with Crippen molar-refractivity contribution in [2.75, 3.05) is 20.2 Å². The minimum atomic E-state index is -0.395. The highest BCUT2D eigenvalue weighted by Gasteiger charge is 2.20. The minimum absolute atomic E-state index is 0.380. The van der Waals surface area contributed by atoms with Gasteiger partial charge in [-0.05, 0) is 18.1 Å². The van der Waals surface area contributed by atoms with Crippen molar-refractivity contribution in [3.05, 3.63) is 53.8 Å².